The van der Waals surface area contributed by atoms with Gasteiger partial charge < -0.3 is 14.8 Å². The first-order valence-electron chi connectivity index (χ1n) is 7.78. The van der Waals surface area contributed by atoms with Crippen molar-refractivity contribution < 1.29 is 9.47 Å². The quantitative estimate of drug-likeness (QED) is 0.792. The third-order valence-electron chi connectivity index (χ3n) is 3.45. The maximum absolute atomic E-state index is 6.20. The number of rotatable bonds is 8. The van der Waals surface area contributed by atoms with E-state index >= 15 is 0 Å². The molecular weight excluding hydrogens is 274 g/mol. The van der Waals surface area contributed by atoms with Crippen LogP contribution in [0.4, 0.5) is 0 Å². The molecule has 1 N–H and O–H groups in total. The molecule has 0 aliphatic carbocycles. The van der Waals surface area contributed by atoms with Crippen molar-refractivity contribution in [1.82, 2.24) is 5.32 Å². The van der Waals surface area contributed by atoms with Crippen LogP contribution < -0.4 is 14.8 Å². The minimum atomic E-state index is 0.0274. The molecule has 2 aromatic rings. The first kappa shape index (κ1) is 16.4. The van der Waals surface area contributed by atoms with Crippen LogP contribution in [0.3, 0.4) is 0 Å². The van der Waals surface area contributed by atoms with E-state index in [1.807, 2.05) is 42.5 Å². The highest BCUT2D eigenvalue weighted by atomic mass is 16.5. The fraction of sp³-hybridized carbons (Fsp3) is 0.368. The zero-order chi connectivity index (χ0) is 15.8. The number of hydrogen-bond donors (Lipinski definition) is 1. The fourth-order valence-corrected chi connectivity index (χ4v) is 2.30. The van der Waals surface area contributed by atoms with Crippen LogP contribution >= 0.6 is 0 Å². The standard InChI is InChI=1S/C19H25NO2/c1-15(2)20-13-12-19(16-8-5-4-6-9-16)22-18-11-7-10-17(14-18)21-3/h4-11,14-15,19-20H,12-13H2,1-3H3. The number of ether oxygens (including phenoxy) is 2. The first-order chi connectivity index (χ1) is 10.7. The van der Waals surface area contributed by atoms with Crippen LogP contribution in [0.2, 0.25) is 0 Å². The van der Waals surface area contributed by atoms with Crippen LogP contribution in [0.1, 0.15) is 31.9 Å². The lowest BCUT2D eigenvalue weighted by molar-refractivity contribution is 0.192. The Bertz CT molecular complexity index is 554. The lowest BCUT2D eigenvalue weighted by Gasteiger charge is -2.21. The van der Waals surface area contributed by atoms with Gasteiger partial charge >= 0.3 is 0 Å². The molecule has 0 aliphatic rings. The maximum atomic E-state index is 6.20. The van der Waals surface area contributed by atoms with Crippen LogP contribution in [0.15, 0.2) is 54.6 Å². The van der Waals surface area contributed by atoms with E-state index in [1.54, 1.807) is 7.11 Å². The fourth-order valence-electron chi connectivity index (χ4n) is 2.30. The SMILES string of the molecule is COc1cccc(OC(CCNC(C)C)c2ccccc2)c1. The summed E-state index contributed by atoms with van der Waals surface area (Å²) in [5.74, 6) is 1.64. The topological polar surface area (TPSA) is 30.5 Å². The molecule has 3 heteroatoms. The van der Waals surface area contributed by atoms with Gasteiger partial charge in [0, 0.05) is 18.5 Å². The molecule has 2 aromatic carbocycles. The Morgan fingerprint density at radius 1 is 0.955 bits per heavy atom. The summed E-state index contributed by atoms with van der Waals surface area (Å²) in [6.07, 6.45) is 0.943. The summed E-state index contributed by atoms with van der Waals surface area (Å²) in [4.78, 5) is 0. The summed E-state index contributed by atoms with van der Waals surface area (Å²) < 4.78 is 11.5. The van der Waals surface area contributed by atoms with Gasteiger partial charge in [0.05, 0.1) is 7.11 Å². The first-order valence-corrected chi connectivity index (χ1v) is 7.78. The van der Waals surface area contributed by atoms with Crippen LogP contribution in [0.5, 0.6) is 11.5 Å². The molecule has 1 unspecified atom stereocenters. The molecule has 0 aliphatic heterocycles. The summed E-state index contributed by atoms with van der Waals surface area (Å²) in [5, 5.41) is 3.45. The lowest BCUT2D eigenvalue weighted by Crippen LogP contribution is -2.26. The number of methoxy groups -OCH3 is 1. The Morgan fingerprint density at radius 3 is 2.36 bits per heavy atom. The third kappa shape index (κ3) is 5.08. The average Bonchev–Trinajstić information content (AvgIpc) is 2.54. The van der Waals surface area contributed by atoms with Gasteiger partial charge in [0.25, 0.3) is 0 Å². The van der Waals surface area contributed by atoms with Crippen molar-refractivity contribution in [3.05, 3.63) is 60.2 Å². The van der Waals surface area contributed by atoms with Crippen molar-refractivity contribution in [2.75, 3.05) is 13.7 Å². The van der Waals surface area contributed by atoms with E-state index in [2.05, 4.69) is 31.3 Å². The zero-order valence-electron chi connectivity index (χ0n) is 13.6. The van der Waals surface area contributed by atoms with Gasteiger partial charge in [-0.15, -0.1) is 0 Å². The molecule has 2 rings (SSSR count). The second kappa shape index (κ2) is 8.44. The minimum Gasteiger partial charge on any atom is -0.497 e. The van der Waals surface area contributed by atoms with E-state index in [0.717, 1.165) is 24.5 Å². The van der Waals surface area contributed by atoms with Crippen molar-refractivity contribution in [2.45, 2.75) is 32.4 Å². The summed E-state index contributed by atoms with van der Waals surface area (Å²) >= 11 is 0. The van der Waals surface area contributed by atoms with Gasteiger partial charge in [0.1, 0.15) is 17.6 Å². The van der Waals surface area contributed by atoms with Crippen molar-refractivity contribution in [1.29, 1.82) is 0 Å². The number of hydrogen-bond acceptors (Lipinski definition) is 3. The highest BCUT2D eigenvalue weighted by Gasteiger charge is 2.13. The summed E-state index contributed by atoms with van der Waals surface area (Å²) in [6.45, 7) is 5.22. The largest absolute Gasteiger partial charge is 0.497 e. The van der Waals surface area contributed by atoms with Gasteiger partial charge in [0.15, 0.2) is 0 Å². The predicted octanol–water partition coefficient (Wildman–Crippen LogP) is 4.20. The monoisotopic (exact) mass is 299 g/mol. The van der Waals surface area contributed by atoms with Gasteiger partial charge in [-0.2, -0.15) is 0 Å². The summed E-state index contributed by atoms with van der Waals surface area (Å²) in [6, 6.07) is 18.6. The van der Waals surface area contributed by atoms with E-state index in [1.165, 1.54) is 5.56 Å². The van der Waals surface area contributed by atoms with Crippen molar-refractivity contribution in [3.8, 4) is 11.5 Å². The Morgan fingerprint density at radius 2 is 1.68 bits per heavy atom. The van der Waals surface area contributed by atoms with Crippen LogP contribution in [-0.2, 0) is 0 Å². The average molecular weight is 299 g/mol. The van der Waals surface area contributed by atoms with E-state index in [9.17, 15) is 0 Å². The molecule has 0 amide bonds. The Hall–Kier alpha value is -2.00. The smallest absolute Gasteiger partial charge is 0.125 e. The molecule has 3 nitrogen and oxygen atoms in total. The number of benzene rings is 2. The normalized spacial score (nSPS) is 12.2. The van der Waals surface area contributed by atoms with E-state index in [-0.39, 0.29) is 6.10 Å². The van der Waals surface area contributed by atoms with E-state index in [0.29, 0.717) is 6.04 Å². The van der Waals surface area contributed by atoms with Gasteiger partial charge in [0.2, 0.25) is 0 Å². The van der Waals surface area contributed by atoms with Gasteiger partial charge in [-0.25, -0.2) is 0 Å². The molecule has 22 heavy (non-hydrogen) atoms. The van der Waals surface area contributed by atoms with Gasteiger partial charge in [-0.1, -0.05) is 50.2 Å². The Labute approximate surface area is 133 Å². The van der Waals surface area contributed by atoms with E-state index < -0.39 is 0 Å². The van der Waals surface area contributed by atoms with Crippen LogP contribution in [0, 0.1) is 0 Å². The molecule has 0 saturated carbocycles. The van der Waals surface area contributed by atoms with Crippen LogP contribution in [-0.4, -0.2) is 19.7 Å². The van der Waals surface area contributed by atoms with E-state index in [4.69, 9.17) is 9.47 Å². The van der Waals surface area contributed by atoms with Gasteiger partial charge in [-0.05, 0) is 24.2 Å². The molecule has 0 radical (unpaired) electrons. The van der Waals surface area contributed by atoms with Crippen molar-refractivity contribution >= 4 is 0 Å². The van der Waals surface area contributed by atoms with Crippen molar-refractivity contribution in [2.24, 2.45) is 0 Å². The molecule has 0 saturated heterocycles. The lowest BCUT2D eigenvalue weighted by atomic mass is 10.1. The zero-order valence-corrected chi connectivity index (χ0v) is 13.6. The minimum absolute atomic E-state index is 0.0274. The van der Waals surface area contributed by atoms with Gasteiger partial charge in [-0.3, -0.25) is 0 Å². The number of nitrogens with one attached hydrogen (secondary N) is 1. The molecule has 1 atom stereocenters. The third-order valence-corrected chi connectivity index (χ3v) is 3.45. The van der Waals surface area contributed by atoms with Crippen molar-refractivity contribution in [3.63, 3.8) is 0 Å². The molecule has 0 fully saturated rings. The maximum Gasteiger partial charge on any atom is 0.125 e. The Kier molecular flexibility index (Phi) is 6.28. The molecule has 118 valence electrons. The van der Waals surface area contributed by atoms with Crippen LogP contribution in [0.25, 0.3) is 0 Å². The second-order valence-corrected chi connectivity index (χ2v) is 5.59. The second-order valence-electron chi connectivity index (χ2n) is 5.59. The molecule has 0 heterocycles. The molecule has 0 bridgehead atoms. The molecule has 0 spiro atoms. The summed E-state index contributed by atoms with van der Waals surface area (Å²) in [7, 11) is 1.67. The summed E-state index contributed by atoms with van der Waals surface area (Å²) in [5.41, 5.74) is 1.19. The molecule has 0 aromatic heterocycles. The predicted molar refractivity (Wildman–Crippen MR) is 90.6 cm³/mol. The highest BCUT2D eigenvalue weighted by Crippen LogP contribution is 2.27. The Balaban J connectivity index is 2.09. The highest BCUT2D eigenvalue weighted by molar-refractivity contribution is 5.33. The molecular formula is C19H25NO2.